The predicted octanol–water partition coefficient (Wildman–Crippen LogP) is 2.06. The zero-order chi connectivity index (χ0) is 14.4. The van der Waals surface area contributed by atoms with Crippen LogP contribution in [0, 0.1) is 24.3 Å². The lowest BCUT2D eigenvalue weighted by molar-refractivity contribution is -0.156. The topological polar surface area (TPSA) is 57.0 Å². The van der Waals surface area contributed by atoms with Gasteiger partial charge in [-0.15, -0.1) is 0 Å². The lowest BCUT2D eigenvalue weighted by Gasteiger charge is -2.37. The highest BCUT2D eigenvalue weighted by Gasteiger charge is 2.35. The number of carbonyl (C=O) groups is 2. The minimum absolute atomic E-state index is 0.0484. The molecule has 2 atom stereocenters. The molecule has 0 heterocycles. The van der Waals surface area contributed by atoms with E-state index >= 15 is 0 Å². The van der Waals surface area contributed by atoms with E-state index in [1.54, 1.807) is 0 Å². The Bertz CT molecular complexity index is 362. The van der Waals surface area contributed by atoms with Crippen molar-refractivity contribution in [1.29, 1.82) is 0 Å². The summed E-state index contributed by atoms with van der Waals surface area (Å²) in [6.07, 6.45) is 1.69. The molecule has 0 aromatic heterocycles. The van der Waals surface area contributed by atoms with Crippen molar-refractivity contribution in [3.05, 3.63) is 11.4 Å². The molecule has 0 bridgehead atoms. The molecular weight excluding hydrogens is 246 g/mol. The number of ether oxygens (including phenoxy) is 2. The van der Waals surface area contributed by atoms with Crippen molar-refractivity contribution in [3.63, 3.8) is 0 Å². The van der Waals surface area contributed by atoms with E-state index in [4.69, 9.17) is 16.0 Å². The smallest absolute Gasteiger partial charge is 0.387 e. The Labute approximate surface area is 114 Å². The number of carbonyl (C=O) groups excluding carboxylic acids is 2. The first-order valence-corrected chi connectivity index (χ1v) is 6.60. The van der Waals surface area contributed by atoms with Crippen LogP contribution in [-0.2, 0) is 19.1 Å². The Hall–Kier alpha value is -1.57. The van der Waals surface area contributed by atoms with Crippen LogP contribution in [0.2, 0.25) is 0 Å². The standard InChI is InChI=1S/C14H21NO4/c1-9-5-12(8-18-13(17)7-15-4)6-10(2)14(9)19-11(3)16/h9-10,12,14H,5-8H2,1-3H3. The van der Waals surface area contributed by atoms with E-state index in [0.29, 0.717) is 6.61 Å². The highest BCUT2D eigenvalue weighted by atomic mass is 16.5. The van der Waals surface area contributed by atoms with Crippen molar-refractivity contribution < 1.29 is 19.1 Å². The molecule has 19 heavy (non-hydrogen) atoms. The van der Waals surface area contributed by atoms with Crippen molar-refractivity contribution in [2.24, 2.45) is 17.8 Å². The molecular formula is C14H21NO4. The normalized spacial score (nSPS) is 30.2. The molecule has 1 saturated carbocycles. The van der Waals surface area contributed by atoms with Gasteiger partial charge in [0.25, 0.3) is 0 Å². The van der Waals surface area contributed by atoms with E-state index in [9.17, 15) is 9.59 Å². The largest absolute Gasteiger partial charge is 0.462 e. The van der Waals surface area contributed by atoms with Crippen LogP contribution in [-0.4, -0.2) is 31.2 Å². The van der Waals surface area contributed by atoms with E-state index in [1.165, 1.54) is 6.92 Å². The Balaban J connectivity index is 2.44. The third-order valence-corrected chi connectivity index (χ3v) is 3.52. The van der Waals surface area contributed by atoms with E-state index in [2.05, 4.69) is 18.7 Å². The van der Waals surface area contributed by atoms with Crippen molar-refractivity contribution in [3.8, 4) is 0 Å². The average molecular weight is 267 g/mol. The van der Waals surface area contributed by atoms with E-state index < -0.39 is 5.97 Å². The molecule has 1 aliphatic rings. The zero-order valence-electron chi connectivity index (χ0n) is 11.7. The molecule has 0 aromatic rings. The van der Waals surface area contributed by atoms with Crippen molar-refractivity contribution in [2.45, 2.75) is 39.7 Å². The Morgan fingerprint density at radius 1 is 1.26 bits per heavy atom. The summed E-state index contributed by atoms with van der Waals surface area (Å²) >= 11 is 0. The first-order chi connectivity index (χ1) is 8.93. The fourth-order valence-electron chi connectivity index (χ4n) is 2.86. The summed E-state index contributed by atoms with van der Waals surface area (Å²) in [5.41, 5.74) is 0. The first kappa shape index (κ1) is 15.5. The third kappa shape index (κ3) is 4.90. The van der Waals surface area contributed by atoms with Gasteiger partial charge in [0.1, 0.15) is 6.10 Å². The summed E-state index contributed by atoms with van der Waals surface area (Å²) in [7, 11) is 0. The Morgan fingerprint density at radius 2 is 1.84 bits per heavy atom. The Morgan fingerprint density at radius 3 is 2.32 bits per heavy atom. The summed E-state index contributed by atoms with van der Waals surface area (Å²) < 4.78 is 10.4. The lowest BCUT2D eigenvalue weighted by Crippen LogP contribution is -2.39. The molecule has 0 aromatic carbocycles. The maximum absolute atomic E-state index is 11.2. The SMILES string of the molecule is [C-]#[N+]CC(=O)OCC1CC(C)C(OC(C)=O)C(C)C1. The van der Waals surface area contributed by atoms with E-state index in [0.717, 1.165) is 12.8 Å². The Kier molecular flexibility index (Phi) is 5.81. The van der Waals surface area contributed by atoms with Gasteiger partial charge < -0.3 is 14.3 Å². The minimum Gasteiger partial charge on any atom is -0.462 e. The summed E-state index contributed by atoms with van der Waals surface area (Å²) in [4.78, 5) is 25.2. The molecule has 5 heteroatoms. The fraction of sp³-hybridized carbons (Fsp3) is 0.786. The van der Waals surface area contributed by atoms with Gasteiger partial charge >= 0.3 is 18.5 Å². The van der Waals surface area contributed by atoms with Crippen LogP contribution in [0.3, 0.4) is 0 Å². The van der Waals surface area contributed by atoms with Crippen LogP contribution >= 0.6 is 0 Å². The van der Waals surface area contributed by atoms with Gasteiger partial charge in [0, 0.05) is 6.92 Å². The fourth-order valence-corrected chi connectivity index (χ4v) is 2.86. The highest BCUT2D eigenvalue weighted by molar-refractivity contribution is 5.73. The van der Waals surface area contributed by atoms with Gasteiger partial charge in [0.05, 0.1) is 6.61 Å². The van der Waals surface area contributed by atoms with Gasteiger partial charge in [0.15, 0.2) is 0 Å². The van der Waals surface area contributed by atoms with E-state index in [-0.39, 0.29) is 36.4 Å². The maximum atomic E-state index is 11.2. The number of rotatable bonds is 4. The number of esters is 2. The second-order valence-electron chi connectivity index (χ2n) is 5.37. The molecule has 0 saturated heterocycles. The predicted molar refractivity (Wildman–Crippen MR) is 69.0 cm³/mol. The second kappa shape index (κ2) is 7.13. The van der Waals surface area contributed by atoms with Crippen molar-refractivity contribution >= 4 is 11.9 Å². The van der Waals surface area contributed by atoms with Gasteiger partial charge in [-0.25, -0.2) is 11.4 Å². The molecule has 0 N–H and O–H groups in total. The maximum Gasteiger partial charge on any atom is 0.387 e. The van der Waals surface area contributed by atoms with Gasteiger partial charge in [-0.3, -0.25) is 4.79 Å². The summed E-state index contributed by atoms with van der Waals surface area (Å²) in [6, 6.07) is 0. The van der Waals surface area contributed by atoms with Crippen LogP contribution in [0.4, 0.5) is 0 Å². The number of hydrogen-bond acceptors (Lipinski definition) is 4. The molecule has 1 aliphatic carbocycles. The van der Waals surface area contributed by atoms with Crippen molar-refractivity contribution in [2.75, 3.05) is 13.2 Å². The summed E-state index contributed by atoms with van der Waals surface area (Å²) in [5, 5.41) is 0. The first-order valence-electron chi connectivity index (χ1n) is 6.60. The number of hydrogen-bond donors (Lipinski definition) is 0. The zero-order valence-corrected chi connectivity index (χ0v) is 11.7. The van der Waals surface area contributed by atoms with Gasteiger partial charge in [0.2, 0.25) is 0 Å². The van der Waals surface area contributed by atoms with Crippen LogP contribution in [0.1, 0.15) is 33.6 Å². The molecule has 1 fully saturated rings. The molecule has 106 valence electrons. The van der Waals surface area contributed by atoms with E-state index in [1.807, 2.05) is 0 Å². The molecule has 2 unspecified atom stereocenters. The molecule has 5 nitrogen and oxygen atoms in total. The van der Waals surface area contributed by atoms with Crippen LogP contribution < -0.4 is 0 Å². The minimum atomic E-state index is -0.461. The van der Waals surface area contributed by atoms with Crippen LogP contribution in [0.15, 0.2) is 0 Å². The quantitative estimate of drug-likeness (QED) is 0.578. The highest BCUT2D eigenvalue weighted by Crippen LogP contribution is 2.35. The average Bonchev–Trinajstić information content (AvgIpc) is 2.31. The monoisotopic (exact) mass is 267 g/mol. The van der Waals surface area contributed by atoms with Gasteiger partial charge in [-0.2, -0.15) is 0 Å². The molecule has 0 spiro atoms. The molecule has 0 aliphatic heterocycles. The second-order valence-corrected chi connectivity index (χ2v) is 5.37. The number of nitrogens with zero attached hydrogens (tertiary/aromatic N) is 1. The molecule has 0 amide bonds. The van der Waals surface area contributed by atoms with Crippen LogP contribution in [0.5, 0.6) is 0 Å². The molecule has 0 radical (unpaired) electrons. The third-order valence-electron chi connectivity index (χ3n) is 3.52. The lowest BCUT2D eigenvalue weighted by atomic mass is 9.75. The summed E-state index contributed by atoms with van der Waals surface area (Å²) in [6.45, 7) is 12.3. The van der Waals surface area contributed by atoms with Gasteiger partial charge in [-0.05, 0) is 30.6 Å². The van der Waals surface area contributed by atoms with Crippen LogP contribution in [0.25, 0.3) is 4.85 Å². The summed E-state index contributed by atoms with van der Waals surface area (Å²) in [5.74, 6) is 0.101. The van der Waals surface area contributed by atoms with Gasteiger partial charge in [-0.1, -0.05) is 13.8 Å². The molecule has 1 rings (SSSR count). The van der Waals surface area contributed by atoms with Crippen molar-refractivity contribution in [1.82, 2.24) is 0 Å².